The van der Waals surface area contributed by atoms with Crippen LogP contribution in [0.1, 0.15) is 29.4 Å². The number of nitrogens with zero attached hydrogens (tertiary/aromatic N) is 1. The largest absolute Gasteiger partial charge is 0.481 e. The lowest BCUT2D eigenvalue weighted by Crippen LogP contribution is -2.07. The molecule has 0 bridgehead atoms. The lowest BCUT2D eigenvalue weighted by molar-refractivity contribution is 0.0600. The third-order valence-corrected chi connectivity index (χ3v) is 2.25. The van der Waals surface area contributed by atoms with Crippen LogP contribution in [0.3, 0.4) is 0 Å². The second-order valence-electron chi connectivity index (χ2n) is 3.20. The Bertz CT molecular complexity index is 413. The number of ether oxygens (including phenoxy) is 2. The molecule has 1 aromatic heterocycles. The van der Waals surface area contributed by atoms with E-state index in [9.17, 15) is 4.79 Å². The molecule has 0 spiro atoms. The standard InChI is InChI=1S/C12H15NO3/c1-5-8(2)11-9(12(14)16-4)6-7-10(13-11)15-3/h6-7H,2,5H2,1,3-4H3. The van der Waals surface area contributed by atoms with Crippen LogP contribution in [0.4, 0.5) is 0 Å². The van der Waals surface area contributed by atoms with E-state index in [1.807, 2.05) is 6.92 Å². The van der Waals surface area contributed by atoms with Crippen LogP contribution in [0, 0.1) is 0 Å². The Morgan fingerprint density at radius 1 is 1.44 bits per heavy atom. The van der Waals surface area contributed by atoms with Crippen LogP contribution >= 0.6 is 0 Å². The van der Waals surface area contributed by atoms with E-state index < -0.39 is 5.97 Å². The molecule has 0 radical (unpaired) electrons. The van der Waals surface area contributed by atoms with Gasteiger partial charge >= 0.3 is 5.97 Å². The Hall–Kier alpha value is -1.84. The van der Waals surface area contributed by atoms with Gasteiger partial charge in [-0.15, -0.1) is 0 Å². The summed E-state index contributed by atoms with van der Waals surface area (Å²) in [4.78, 5) is 15.7. The molecule has 1 rings (SSSR count). The van der Waals surface area contributed by atoms with Crippen molar-refractivity contribution in [2.45, 2.75) is 13.3 Å². The van der Waals surface area contributed by atoms with Gasteiger partial charge in [0.1, 0.15) is 0 Å². The van der Waals surface area contributed by atoms with Crippen molar-refractivity contribution in [1.82, 2.24) is 4.98 Å². The molecule has 0 atom stereocenters. The molecular weight excluding hydrogens is 206 g/mol. The summed E-state index contributed by atoms with van der Waals surface area (Å²) in [6, 6.07) is 3.26. The van der Waals surface area contributed by atoms with Crippen molar-refractivity contribution in [2.75, 3.05) is 14.2 Å². The number of rotatable bonds is 4. The van der Waals surface area contributed by atoms with Crippen LogP contribution in [-0.4, -0.2) is 25.2 Å². The normalized spacial score (nSPS) is 9.69. The Labute approximate surface area is 94.9 Å². The molecule has 86 valence electrons. The van der Waals surface area contributed by atoms with Gasteiger partial charge in [0.15, 0.2) is 0 Å². The third kappa shape index (κ3) is 2.39. The number of carbonyl (C=O) groups is 1. The second kappa shape index (κ2) is 5.30. The molecule has 0 amide bonds. The van der Waals surface area contributed by atoms with E-state index >= 15 is 0 Å². The van der Waals surface area contributed by atoms with Gasteiger partial charge in [0.2, 0.25) is 5.88 Å². The summed E-state index contributed by atoms with van der Waals surface area (Å²) in [5.74, 6) is 0.0389. The van der Waals surface area contributed by atoms with Crippen molar-refractivity contribution in [3.8, 4) is 5.88 Å². The molecule has 1 heterocycles. The predicted molar refractivity (Wildman–Crippen MR) is 61.5 cm³/mol. The van der Waals surface area contributed by atoms with Gasteiger partial charge in [-0.05, 0) is 18.1 Å². The lowest BCUT2D eigenvalue weighted by Gasteiger charge is -2.09. The molecular formula is C12H15NO3. The fraction of sp³-hybridized carbons (Fsp3) is 0.333. The zero-order chi connectivity index (χ0) is 12.1. The minimum atomic E-state index is -0.417. The molecule has 0 aliphatic carbocycles. The zero-order valence-corrected chi connectivity index (χ0v) is 9.74. The first-order chi connectivity index (χ1) is 7.63. The summed E-state index contributed by atoms with van der Waals surface area (Å²) in [5, 5.41) is 0. The fourth-order valence-corrected chi connectivity index (χ4v) is 1.27. The second-order valence-corrected chi connectivity index (χ2v) is 3.20. The van der Waals surface area contributed by atoms with E-state index in [0.29, 0.717) is 23.6 Å². The first-order valence-electron chi connectivity index (χ1n) is 4.95. The Kier molecular flexibility index (Phi) is 4.05. The highest BCUT2D eigenvalue weighted by Crippen LogP contribution is 2.22. The van der Waals surface area contributed by atoms with Crippen LogP contribution in [0.5, 0.6) is 5.88 Å². The van der Waals surface area contributed by atoms with Gasteiger partial charge < -0.3 is 9.47 Å². The van der Waals surface area contributed by atoms with Crippen molar-refractivity contribution >= 4 is 11.5 Å². The molecule has 0 aliphatic rings. The first kappa shape index (κ1) is 12.2. The maximum Gasteiger partial charge on any atom is 0.340 e. The number of esters is 1. The smallest absolute Gasteiger partial charge is 0.340 e. The number of pyridine rings is 1. The molecule has 0 N–H and O–H groups in total. The highest BCUT2D eigenvalue weighted by molar-refractivity contribution is 5.94. The molecule has 0 saturated heterocycles. The number of hydrogen-bond donors (Lipinski definition) is 0. The van der Waals surface area contributed by atoms with Gasteiger partial charge in [-0.2, -0.15) is 0 Å². The number of allylic oxidation sites excluding steroid dienone is 1. The predicted octanol–water partition coefficient (Wildman–Crippen LogP) is 2.30. The number of hydrogen-bond acceptors (Lipinski definition) is 4. The monoisotopic (exact) mass is 221 g/mol. The van der Waals surface area contributed by atoms with Crippen molar-refractivity contribution in [3.63, 3.8) is 0 Å². The van der Waals surface area contributed by atoms with E-state index in [0.717, 1.165) is 5.57 Å². The zero-order valence-electron chi connectivity index (χ0n) is 9.74. The van der Waals surface area contributed by atoms with Gasteiger partial charge in [0.25, 0.3) is 0 Å². The van der Waals surface area contributed by atoms with E-state index in [1.54, 1.807) is 12.1 Å². The van der Waals surface area contributed by atoms with Crippen molar-refractivity contribution < 1.29 is 14.3 Å². The highest BCUT2D eigenvalue weighted by Gasteiger charge is 2.15. The number of methoxy groups -OCH3 is 2. The number of carbonyl (C=O) groups excluding carboxylic acids is 1. The molecule has 16 heavy (non-hydrogen) atoms. The lowest BCUT2D eigenvalue weighted by atomic mass is 10.1. The van der Waals surface area contributed by atoms with Gasteiger partial charge in [-0.25, -0.2) is 9.78 Å². The van der Waals surface area contributed by atoms with Crippen molar-refractivity contribution in [2.24, 2.45) is 0 Å². The van der Waals surface area contributed by atoms with Crippen molar-refractivity contribution in [1.29, 1.82) is 0 Å². The van der Waals surface area contributed by atoms with Gasteiger partial charge in [-0.3, -0.25) is 0 Å². The summed E-state index contributed by atoms with van der Waals surface area (Å²) in [6.07, 6.45) is 0.712. The summed E-state index contributed by atoms with van der Waals surface area (Å²) in [6.45, 7) is 5.82. The highest BCUT2D eigenvalue weighted by atomic mass is 16.5. The Morgan fingerprint density at radius 3 is 2.62 bits per heavy atom. The van der Waals surface area contributed by atoms with E-state index in [2.05, 4.69) is 16.3 Å². The van der Waals surface area contributed by atoms with Crippen LogP contribution in [0.15, 0.2) is 18.7 Å². The maximum absolute atomic E-state index is 11.5. The molecule has 1 aromatic rings. The van der Waals surface area contributed by atoms with Crippen LogP contribution in [0.25, 0.3) is 5.57 Å². The maximum atomic E-state index is 11.5. The van der Waals surface area contributed by atoms with Crippen LogP contribution in [-0.2, 0) is 4.74 Å². The van der Waals surface area contributed by atoms with E-state index in [4.69, 9.17) is 4.74 Å². The molecule has 0 aromatic carbocycles. The minimum Gasteiger partial charge on any atom is -0.481 e. The van der Waals surface area contributed by atoms with E-state index in [-0.39, 0.29) is 0 Å². The van der Waals surface area contributed by atoms with Gasteiger partial charge in [0.05, 0.1) is 25.5 Å². The Morgan fingerprint density at radius 2 is 2.12 bits per heavy atom. The van der Waals surface area contributed by atoms with E-state index in [1.165, 1.54) is 14.2 Å². The summed E-state index contributed by atoms with van der Waals surface area (Å²) in [5.41, 5.74) is 1.73. The third-order valence-electron chi connectivity index (χ3n) is 2.25. The topological polar surface area (TPSA) is 48.4 Å². The fourth-order valence-electron chi connectivity index (χ4n) is 1.27. The molecule has 0 aliphatic heterocycles. The minimum absolute atomic E-state index is 0.412. The summed E-state index contributed by atoms with van der Waals surface area (Å²) < 4.78 is 9.70. The molecule has 4 nitrogen and oxygen atoms in total. The molecule has 0 saturated carbocycles. The quantitative estimate of drug-likeness (QED) is 0.732. The molecule has 0 unspecified atom stereocenters. The van der Waals surface area contributed by atoms with Gasteiger partial charge in [-0.1, -0.05) is 13.5 Å². The molecule has 4 heteroatoms. The first-order valence-corrected chi connectivity index (χ1v) is 4.95. The molecule has 0 fully saturated rings. The SMILES string of the molecule is C=C(CC)c1nc(OC)ccc1C(=O)OC. The number of aromatic nitrogens is 1. The van der Waals surface area contributed by atoms with Crippen molar-refractivity contribution in [3.05, 3.63) is 30.0 Å². The average Bonchev–Trinajstić information content (AvgIpc) is 2.36. The Balaban J connectivity index is 3.26. The summed E-state index contributed by atoms with van der Waals surface area (Å²) >= 11 is 0. The summed E-state index contributed by atoms with van der Waals surface area (Å²) in [7, 11) is 2.86. The van der Waals surface area contributed by atoms with Gasteiger partial charge in [0, 0.05) is 6.07 Å². The van der Waals surface area contributed by atoms with Crippen LogP contribution in [0.2, 0.25) is 0 Å². The average molecular weight is 221 g/mol. The van der Waals surface area contributed by atoms with Crippen LogP contribution < -0.4 is 4.74 Å².